The summed E-state index contributed by atoms with van der Waals surface area (Å²) in [5, 5.41) is 3.18. The first-order valence-electron chi connectivity index (χ1n) is 10.4. The Morgan fingerprint density at radius 2 is 1.47 bits per heavy atom. The van der Waals surface area contributed by atoms with Gasteiger partial charge in [-0.05, 0) is 42.5 Å². The number of rotatable bonds is 10. The Morgan fingerprint density at radius 3 is 2.08 bits per heavy atom. The van der Waals surface area contributed by atoms with Crippen LogP contribution >= 0.6 is 23.2 Å². The van der Waals surface area contributed by atoms with E-state index < -0.39 is 22.5 Å². The molecule has 192 valence electrons. The van der Waals surface area contributed by atoms with E-state index in [1.54, 1.807) is 18.2 Å². The van der Waals surface area contributed by atoms with Gasteiger partial charge in [0, 0.05) is 17.8 Å². The molecule has 9 nitrogen and oxygen atoms in total. The minimum Gasteiger partial charge on any atom is -0.497 e. The minimum atomic E-state index is -4.32. The number of anilines is 2. The van der Waals surface area contributed by atoms with Crippen LogP contribution in [-0.4, -0.2) is 49.3 Å². The van der Waals surface area contributed by atoms with Crippen molar-refractivity contribution in [3.8, 4) is 23.0 Å². The van der Waals surface area contributed by atoms with Crippen molar-refractivity contribution in [3.63, 3.8) is 0 Å². The first-order chi connectivity index (χ1) is 17.1. The van der Waals surface area contributed by atoms with Gasteiger partial charge in [-0.15, -0.1) is 0 Å². The van der Waals surface area contributed by atoms with E-state index >= 15 is 0 Å². The van der Waals surface area contributed by atoms with Crippen LogP contribution in [0.5, 0.6) is 23.0 Å². The summed E-state index contributed by atoms with van der Waals surface area (Å²) in [6.07, 6.45) is 0. The molecular formula is C24H24Cl2N2O7S. The lowest BCUT2D eigenvalue weighted by Gasteiger charge is -2.26. The number of sulfonamides is 1. The smallest absolute Gasteiger partial charge is 0.265 e. The molecule has 12 heteroatoms. The Kier molecular flexibility index (Phi) is 8.78. The zero-order valence-electron chi connectivity index (χ0n) is 19.9. The van der Waals surface area contributed by atoms with Crippen LogP contribution < -0.4 is 28.6 Å². The molecule has 0 heterocycles. The van der Waals surface area contributed by atoms with Gasteiger partial charge in [-0.25, -0.2) is 8.42 Å². The van der Waals surface area contributed by atoms with E-state index in [4.69, 9.17) is 42.1 Å². The number of hydrogen-bond acceptors (Lipinski definition) is 7. The quantitative estimate of drug-likeness (QED) is 0.381. The number of carbonyl (C=O) groups is 1. The molecule has 1 N–H and O–H groups in total. The summed E-state index contributed by atoms with van der Waals surface area (Å²) >= 11 is 12.0. The lowest BCUT2D eigenvalue weighted by molar-refractivity contribution is -0.114. The molecular weight excluding hydrogens is 531 g/mol. The number of methoxy groups -OCH3 is 4. The van der Waals surface area contributed by atoms with E-state index in [9.17, 15) is 13.2 Å². The molecule has 3 rings (SSSR count). The molecule has 1 amide bonds. The highest BCUT2D eigenvalue weighted by Gasteiger charge is 2.31. The van der Waals surface area contributed by atoms with Crippen molar-refractivity contribution >= 4 is 50.5 Å². The third kappa shape index (κ3) is 5.89. The highest BCUT2D eigenvalue weighted by atomic mass is 35.5. The van der Waals surface area contributed by atoms with Crippen molar-refractivity contribution in [2.75, 3.05) is 44.6 Å². The number of ether oxygens (including phenoxy) is 4. The van der Waals surface area contributed by atoms with Crippen molar-refractivity contribution in [3.05, 3.63) is 64.6 Å². The lowest BCUT2D eigenvalue weighted by Crippen LogP contribution is -2.38. The van der Waals surface area contributed by atoms with Gasteiger partial charge in [0.05, 0.1) is 49.1 Å². The van der Waals surface area contributed by atoms with Crippen LogP contribution in [0.4, 0.5) is 11.4 Å². The normalized spacial score (nSPS) is 10.9. The van der Waals surface area contributed by atoms with E-state index in [0.717, 1.165) is 4.31 Å². The van der Waals surface area contributed by atoms with Gasteiger partial charge in [-0.1, -0.05) is 23.2 Å². The summed E-state index contributed by atoms with van der Waals surface area (Å²) in [6.45, 7) is -0.597. The Bertz CT molecular complexity index is 1370. The van der Waals surface area contributed by atoms with Crippen LogP contribution in [0.15, 0.2) is 59.5 Å². The van der Waals surface area contributed by atoms with Crippen LogP contribution in [0, 0.1) is 0 Å². The van der Waals surface area contributed by atoms with Gasteiger partial charge >= 0.3 is 0 Å². The molecule has 0 saturated heterocycles. The molecule has 36 heavy (non-hydrogen) atoms. The molecule has 0 atom stereocenters. The van der Waals surface area contributed by atoms with Crippen LogP contribution in [0.3, 0.4) is 0 Å². The van der Waals surface area contributed by atoms with E-state index in [-0.39, 0.29) is 27.1 Å². The fourth-order valence-electron chi connectivity index (χ4n) is 3.30. The monoisotopic (exact) mass is 554 g/mol. The third-order valence-electron chi connectivity index (χ3n) is 5.09. The molecule has 3 aromatic rings. The van der Waals surface area contributed by atoms with Gasteiger partial charge in [0.25, 0.3) is 10.0 Å². The largest absolute Gasteiger partial charge is 0.497 e. The van der Waals surface area contributed by atoms with E-state index in [0.29, 0.717) is 22.2 Å². The van der Waals surface area contributed by atoms with E-state index in [1.165, 1.54) is 64.8 Å². The van der Waals surface area contributed by atoms with E-state index in [1.807, 2.05) is 0 Å². The average Bonchev–Trinajstić information content (AvgIpc) is 2.88. The van der Waals surface area contributed by atoms with Gasteiger partial charge in [0.2, 0.25) is 5.91 Å². The topological polar surface area (TPSA) is 103 Å². The second-order valence-electron chi connectivity index (χ2n) is 7.24. The van der Waals surface area contributed by atoms with Crippen molar-refractivity contribution in [1.29, 1.82) is 0 Å². The number of hydrogen-bond donors (Lipinski definition) is 1. The molecule has 0 aliphatic heterocycles. The molecule has 0 unspecified atom stereocenters. The van der Waals surface area contributed by atoms with Gasteiger partial charge < -0.3 is 24.3 Å². The Hall–Kier alpha value is -3.34. The summed E-state index contributed by atoms with van der Waals surface area (Å²) < 4.78 is 49.8. The van der Waals surface area contributed by atoms with Crippen LogP contribution in [-0.2, 0) is 14.8 Å². The Labute approximate surface area is 219 Å². The van der Waals surface area contributed by atoms with Crippen LogP contribution in [0.25, 0.3) is 0 Å². The van der Waals surface area contributed by atoms with Crippen molar-refractivity contribution in [1.82, 2.24) is 0 Å². The predicted molar refractivity (Wildman–Crippen MR) is 139 cm³/mol. The predicted octanol–water partition coefficient (Wildman–Crippen LogP) is 4.86. The maximum Gasteiger partial charge on any atom is 0.265 e. The zero-order valence-corrected chi connectivity index (χ0v) is 22.2. The highest BCUT2D eigenvalue weighted by molar-refractivity contribution is 7.92. The van der Waals surface area contributed by atoms with Gasteiger partial charge in [-0.2, -0.15) is 0 Å². The summed E-state index contributed by atoms with van der Waals surface area (Å²) in [7, 11) is 1.34. The van der Waals surface area contributed by atoms with Gasteiger partial charge in [-0.3, -0.25) is 9.10 Å². The second kappa shape index (κ2) is 11.6. The maximum absolute atomic E-state index is 13.9. The standard InChI is InChI=1S/C24H24Cl2N2O7S/c1-32-16-6-9-21(33-2)20(12-16)28(14-24(29)27-15-5-8-18(25)19(26)11-15)36(30,31)17-7-10-22(34-3)23(13-17)35-4/h5-13H,14H2,1-4H3,(H,27,29). The number of halogens is 2. The third-order valence-corrected chi connectivity index (χ3v) is 7.58. The molecule has 3 aromatic carbocycles. The van der Waals surface area contributed by atoms with Crippen LogP contribution in [0.2, 0.25) is 10.0 Å². The highest BCUT2D eigenvalue weighted by Crippen LogP contribution is 2.37. The molecule has 0 saturated carbocycles. The van der Waals surface area contributed by atoms with E-state index in [2.05, 4.69) is 5.32 Å². The Balaban J connectivity index is 2.09. The van der Waals surface area contributed by atoms with Crippen LogP contribution in [0.1, 0.15) is 0 Å². The summed E-state index contributed by atoms with van der Waals surface area (Å²) in [6, 6.07) is 13.3. The van der Waals surface area contributed by atoms with Gasteiger partial charge in [0.1, 0.15) is 18.0 Å². The SMILES string of the molecule is COc1ccc(OC)c(N(CC(=O)Nc2ccc(Cl)c(Cl)c2)S(=O)(=O)c2ccc(OC)c(OC)c2)c1. The van der Waals surface area contributed by atoms with Gasteiger partial charge in [0.15, 0.2) is 11.5 Å². The molecule has 0 bridgehead atoms. The summed E-state index contributed by atoms with van der Waals surface area (Å²) in [4.78, 5) is 12.9. The lowest BCUT2D eigenvalue weighted by atomic mass is 10.2. The average molecular weight is 555 g/mol. The molecule has 0 fully saturated rings. The van der Waals surface area contributed by atoms with Crippen molar-refractivity contribution in [2.45, 2.75) is 4.90 Å². The first kappa shape index (κ1) is 27.3. The number of benzene rings is 3. The number of amides is 1. The van der Waals surface area contributed by atoms with Crippen molar-refractivity contribution in [2.24, 2.45) is 0 Å². The maximum atomic E-state index is 13.9. The second-order valence-corrected chi connectivity index (χ2v) is 9.92. The first-order valence-corrected chi connectivity index (χ1v) is 12.6. The number of nitrogens with one attached hydrogen (secondary N) is 1. The zero-order chi connectivity index (χ0) is 26.5. The number of carbonyl (C=O) groups excluding carboxylic acids is 1. The summed E-state index contributed by atoms with van der Waals surface area (Å²) in [5.41, 5.74) is 0.436. The summed E-state index contributed by atoms with van der Waals surface area (Å²) in [5.74, 6) is 0.489. The fraction of sp³-hybridized carbons (Fsp3) is 0.208. The minimum absolute atomic E-state index is 0.0934. The molecule has 0 spiro atoms. The molecule has 0 aromatic heterocycles. The molecule has 0 aliphatic carbocycles. The Morgan fingerprint density at radius 1 is 0.806 bits per heavy atom. The number of nitrogens with zero attached hydrogens (tertiary/aromatic N) is 1. The molecule has 0 aliphatic rings. The molecule has 0 radical (unpaired) electrons. The fourth-order valence-corrected chi connectivity index (χ4v) is 5.04. The van der Waals surface area contributed by atoms with Crippen molar-refractivity contribution < 1.29 is 32.2 Å².